The Morgan fingerprint density at radius 3 is 0.884 bits per heavy atom. The van der Waals surface area contributed by atoms with Gasteiger partial charge in [-0.1, -0.05) is 276 Å². The zero-order valence-electron chi connectivity index (χ0n) is 59.0. The first-order valence-electron chi connectivity index (χ1n) is 36.5. The molecule has 5 atom stereocenters. The van der Waals surface area contributed by atoms with Crippen LogP contribution in [-0.4, -0.2) is 95.9 Å². The number of allylic oxidation sites excluding steroid dienone is 22. The highest BCUT2D eigenvalue weighted by molar-refractivity contribution is 7.47. The topological polar surface area (TPSA) is 231 Å². The number of ether oxygens (including phenoxy) is 3. The van der Waals surface area contributed by atoms with Crippen molar-refractivity contribution in [2.75, 3.05) is 39.6 Å². The molecule has 0 heterocycles. The first kappa shape index (κ1) is 90.7. The number of phosphoric acid groups is 2. The number of esters is 3. The van der Waals surface area contributed by atoms with Gasteiger partial charge in [-0.2, -0.15) is 0 Å². The SMILES string of the molecule is CC/C=C\C/C=C\C/C=C\C/C=C\C/C=C\C/C=C\CCCCCCC(=O)OCC(O)COP(=O)(O)OCC(O)COP(=O)(O)OCC(COC(=O)CCCCCCCCC/C=C\C/C=C\C/C=C\C/C=C\C/C=C\CC)OC(=O)CCCCCCCCCCCCCCC. The van der Waals surface area contributed by atoms with E-state index in [0.29, 0.717) is 19.3 Å². The summed E-state index contributed by atoms with van der Waals surface area (Å²) in [7, 11) is -9.79. The average Bonchev–Trinajstić information content (AvgIpc) is 1.91. The van der Waals surface area contributed by atoms with Crippen LogP contribution < -0.4 is 0 Å². The summed E-state index contributed by atoms with van der Waals surface area (Å²) in [4.78, 5) is 58.5. The van der Waals surface area contributed by atoms with Crippen LogP contribution in [0.2, 0.25) is 0 Å². The number of hydrogen-bond acceptors (Lipinski definition) is 14. The second-order valence-electron chi connectivity index (χ2n) is 24.0. The van der Waals surface area contributed by atoms with Crippen molar-refractivity contribution in [1.82, 2.24) is 0 Å². The molecule has 0 aliphatic heterocycles. The van der Waals surface area contributed by atoms with E-state index < -0.39 is 91.5 Å². The molecule has 0 aromatic rings. The van der Waals surface area contributed by atoms with Crippen LogP contribution in [-0.2, 0) is 55.8 Å². The molecule has 5 unspecified atom stereocenters. The van der Waals surface area contributed by atoms with Gasteiger partial charge in [0.05, 0.1) is 26.4 Å². The Hall–Kier alpha value is -4.31. The second-order valence-corrected chi connectivity index (χ2v) is 26.9. The fourth-order valence-corrected chi connectivity index (χ4v) is 10.9. The van der Waals surface area contributed by atoms with Crippen LogP contribution in [0.15, 0.2) is 134 Å². The van der Waals surface area contributed by atoms with Crippen molar-refractivity contribution in [2.45, 2.75) is 296 Å². The van der Waals surface area contributed by atoms with Crippen molar-refractivity contribution >= 4 is 33.6 Å². The molecule has 0 amide bonds. The zero-order valence-corrected chi connectivity index (χ0v) is 60.8. The summed E-state index contributed by atoms with van der Waals surface area (Å²) in [5, 5.41) is 20.6. The summed E-state index contributed by atoms with van der Waals surface area (Å²) in [5.41, 5.74) is 0. The third-order valence-corrected chi connectivity index (χ3v) is 16.8. The Kier molecular flexibility index (Phi) is 66.4. The molecule has 0 spiro atoms. The van der Waals surface area contributed by atoms with E-state index in [0.717, 1.165) is 167 Å². The van der Waals surface area contributed by atoms with Gasteiger partial charge >= 0.3 is 33.6 Å². The Balaban J connectivity index is 4.64. The number of hydrogen-bond donors (Lipinski definition) is 4. The van der Waals surface area contributed by atoms with Crippen molar-refractivity contribution in [1.29, 1.82) is 0 Å². The van der Waals surface area contributed by atoms with Crippen LogP contribution in [0.1, 0.15) is 278 Å². The van der Waals surface area contributed by atoms with E-state index in [1.54, 1.807) is 0 Å². The lowest BCUT2D eigenvalue weighted by atomic mass is 10.0. The van der Waals surface area contributed by atoms with Crippen LogP contribution >= 0.6 is 15.6 Å². The average molecular weight is 1370 g/mol. The Labute approximate surface area is 575 Å². The van der Waals surface area contributed by atoms with E-state index in [1.165, 1.54) is 51.4 Å². The van der Waals surface area contributed by atoms with E-state index >= 15 is 0 Å². The summed E-state index contributed by atoms with van der Waals surface area (Å²) < 4.78 is 61.0. The minimum atomic E-state index is -4.93. The van der Waals surface area contributed by atoms with Crippen LogP contribution in [0.4, 0.5) is 0 Å². The molecular weight excluding hydrogens is 1240 g/mol. The van der Waals surface area contributed by atoms with Gasteiger partial charge in [-0.3, -0.25) is 32.5 Å². The number of aliphatic hydroxyl groups excluding tert-OH is 2. The number of unbranched alkanes of at least 4 members (excludes halogenated alkanes) is 23. The third kappa shape index (κ3) is 70.8. The summed E-state index contributed by atoms with van der Waals surface area (Å²) in [6.07, 6.45) is 82.1. The summed E-state index contributed by atoms with van der Waals surface area (Å²) in [6, 6.07) is 0. The molecule has 0 bridgehead atoms. The highest BCUT2D eigenvalue weighted by Gasteiger charge is 2.29. The van der Waals surface area contributed by atoms with E-state index in [9.17, 15) is 43.5 Å². The van der Waals surface area contributed by atoms with Crippen LogP contribution in [0.25, 0.3) is 0 Å². The molecule has 0 aromatic heterocycles. The van der Waals surface area contributed by atoms with Crippen LogP contribution in [0.3, 0.4) is 0 Å². The highest BCUT2D eigenvalue weighted by atomic mass is 31.2. The molecule has 0 fully saturated rings. The highest BCUT2D eigenvalue weighted by Crippen LogP contribution is 2.45. The number of carbonyl (C=O) groups excluding carboxylic acids is 3. The Morgan fingerprint density at radius 1 is 0.305 bits per heavy atom. The fraction of sp³-hybridized carbons (Fsp3) is 0.675. The molecule has 0 radical (unpaired) electrons. The lowest BCUT2D eigenvalue weighted by Gasteiger charge is -2.21. The molecule has 16 nitrogen and oxygen atoms in total. The van der Waals surface area contributed by atoms with Crippen molar-refractivity contribution in [3.05, 3.63) is 134 Å². The van der Waals surface area contributed by atoms with E-state index in [-0.39, 0.29) is 19.3 Å². The molecule has 0 saturated heterocycles. The van der Waals surface area contributed by atoms with Gasteiger partial charge in [0.25, 0.3) is 0 Å². The maximum absolute atomic E-state index is 12.9. The molecular formula is C77H130O16P2. The van der Waals surface area contributed by atoms with Gasteiger partial charge in [0.2, 0.25) is 0 Å². The van der Waals surface area contributed by atoms with Crippen LogP contribution in [0.5, 0.6) is 0 Å². The predicted octanol–water partition coefficient (Wildman–Crippen LogP) is 20.8. The molecule has 0 aromatic carbocycles. The van der Waals surface area contributed by atoms with Gasteiger partial charge in [-0.15, -0.1) is 0 Å². The Bertz CT molecular complexity index is 2260. The fourth-order valence-electron chi connectivity index (χ4n) is 9.36. The largest absolute Gasteiger partial charge is 0.472 e. The van der Waals surface area contributed by atoms with Gasteiger partial charge in [-0.05, 0) is 116 Å². The quantitative estimate of drug-likeness (QED) is 0.0146. The third-order valence-electron chi connectivity index (χ3n) is 14.9. The molecule has 544 valence electrons. The number of aliphatic hydroxyl groups is 2. The number of carbonyl (C=O) groups is 3. The molecule has 0 aliphatic rings. The summed E-state index contributed by atoms with van der Waals surface area (Å²) in [5.74, 6) is -1.61. The minimum absolute atomic E-state index is 0.101. The van der Waals surface area contributed by atoms with Gasteiger partial charge in [0.15, 0.2) is 6.10 Å². The number of phosphoric ester groups is 2. The monoisotopic (exact) mass is 1370 g/mol. The molecule has 95 heavy (non-hydrogen) atoms. The van der Waals surface area contributed by atoms with Gasteiger partial charge in [0.1, 0.15) is 25.4 Å². The summed E-state index contributed by atoms with van der Waals surface area (Å²) in [6.45, 7) is 2.40. The predicted molar refractivity (Wildman–Crippen MR) is 390 cm³/mol. The maximum Gasteiger partial charge on any atom is 0.472 e. The van der Waals surface area contributed by atoms with Gasteiger partial charge in [0, 0.05) is 19.3 Å². The van der Waals surface area contributed by atoms with E-state index in [2.05, 4.69) is 154 Å². The Morgan fingerprint density at radius 2 is 0.558 bits per heavy atom. The van der Waals surface area contributed by atoms with Crippen molar-refractivity contribution in [2.24, 2.45) is 0 Å². The first-order chi connectivity index (χ1) is 46.2. The smallest absolute Gasteiger partial charge is 0.463 e. The standard InChI is InChI=1S/C77H130O16P2/c1-4-7-10-13-16-19-22-25-27-29-31-33-35-37-39-41-43-46-48-51-54-57-60-63-75(80)87-66-72(78)67-89-94(83,84)90-68-73(79)69-91-95(85,86)92-71-74(93-77(82)65-62-59-56-53-50-45-24-21-18-15-12-9-6-3)70-88-76(81)64-61-58-55-52-49-47-44-42-40-38-36-34-32-30-28-26-23-20-17-14-11-8-5-2/h7-8,10-11,16-17,19-20,25-28,31-34,37-40,43,46,72-74,78-79H,4-6,9,12-15,18,21-24,29-30,35-36,41-42,44-45,47-71H2,1-3H3,(H,83,84)(H,85,86)/b10-7-,11-8-,19-16-,20-17-,27-25-,28-26-,33-31-,34-32-,39-37-,40-38-,46-43-. The van der Waals surface area contributed by atoms with Crippen LogP contribution in [0, 0.1) is 0 Å². The van der Waals surface area contributed by atoms with Crippen molar-refractivity contribution in [3.8, 4) is 0 Å². The van der Waals surface area contributed by atoms with Crippen molar-refractivity contribution in [3.63, 3.8) is 0 Å². The number of rotatable bonds is 68. The second kappa shape index (κ2) is 69.6. The maximum atomic E-state index is 12.9. The molecule has 4 N–H and O–H groups in total. The normalized spacial score (nSPS) is 14.9. The van der Waals surface area contributed by atoms with E-state index in [4.69, 9.17) is 32.3 Å². The molecule has 0 saturated carbocycles. The van der Waals surface area contributed by atoms with E-state index in [1.807, 2.05) is 0 Å². The molecule has 18 heteroatoms. The first-order valence-corrected chi connectivity index (χ1v) is 39.5. The lowest BCUT2D eigenvalue weighted by molar-refractivity contribution is -0.161. The van der Waals surface area contributed by atoms with Crippen molar-refractivity contribution < 1.29 is 75.8 Å². The molecule has 0 rings (SSSR count). The minimum Gasteiger partial charge on any atom is -0.463 e. The molecule has 0 aliphatic carbocycles. The van der Waals surface area contributed by atoms with Gasteiger partial charge < -0.3 is 34.2 Å². The summed E-state index contributed by atoms with van der Waals surface area (Å²) >= 11 is 0. The van der Waals surface area contributed by atoms with Gasteiger partial charge in [-0.25, -0.2) is 9.13 Å². The zero-order chi connectivity index (χ0) is 69.5. The lowest BCUT2D eigenvalue weighted by Crippen LogP contribution is -2.30.